The number of pyridine rings is 1. The van der Waals surface area contributed by atoms with Gasteiger partial charge in [-0.1, -0.05) is 0 Å². The van der Waals surface area contributed by atoms with E-state index < -0.39 is 5.97 Å². The number of aromatic nitrogens is 5. The number of fused-ring (bicyclic) bond motifs is 1. The number of esters is 1. The van der Waals surface area contributed by atoms with Crippen molar-refractivity contribution in [3.8, 4) is 5.88 Å². The van der Waals surface area contributed by atoms with Gasteiger partial charge in [0.2, 0.25) is 5.88 Å². The van der Waals surface area contributed by atoms with Gasteiger partial charge in [-0.25, -0.2) is 19.3 Å². The van der Waals surface area contributed by atoms with Crippen LogP contribution in [0, 0.1) is 0 Å². The van der Waals surface area contributed by atoms with E-state index in [1.54, 1.807) is 35.1 Å². The van der Waals surface area contributed by atoms with Crippen LogP contribution in [0.1, 0.15) is 36.5 Å². The normalized spacial score (nSPS) is 11.0. The molecule has 3 aromatic heterocycles. The van der Waals surface area contributed by atoms with Crippen molar-refractivity contribution >= 4 is 11.7 Å². The Morgan fingerprint density at radius 2 is 2.16 bits per heavy atom. The Kier molecular flexibility index (Phi) is 5.17. The minimum Gasteiger partial charge on any atom is -0.475 e. The van der Waals surface area contributed by atoms with Gasteiger partial charge in [0.25, 0.3) is 5.78 Å². The maximum Gasteiger partial charge on any atom is 0.339 e. The van der Waals surface area contributed by atoms with E-state index in [-0.39, 0.29) is 12.7 Å². The molecule has 0 atom stereocenters. The van der Waals surface area contributed by atoms with Gasteiger partial charge in [0.15, 0.2) is 5.82 Å². The molecule has 3 aromatic rings. The van der Waals surface area contributed by atoms with Crippen LogP contribution in [0.5, 0.6) is 5.88 Å². The first-order valence-corrected chi connectivity index (χ1v) is 8.08. The van der Waals surface area contributed by atoms with Crippen molar-refractivity contribution in [2.75, 3.05) is 6.61 Å². The van der Waals surface area contributed by atoms with E-state index in [4.69, 9.17) is 9.47 Å². The summed E-state index contributed by atoms with van der Waals surface area (Å²) in [5.74, 6) is 1.31. The standard InChI is InChI=1S/C17H19N5O3/c1-12(2)25-15-7-6-13(11-19-15)16(23)24-10-3-5-14-20-17-18-8-4-9-22(17)21-14/h4,6-9,11-12H,3,5,10H2,1-2H3. The summed E-state index contributed by atoms with van der Waals surface area (Å²) in [5, 5.41) is 4.30. The van der Waals surface area contributed by atoms with E-state index in [9.17, 15) is 4.79 Å². The summed E-state index contributed by atoms with van der Waals surface area (Å²) >= 11 is 0. The first-order chi connectivity index (χ1) is 12.1. The Labute approximate surface area is 144 Å². The van der Waals surface area contributed by atoms with E-state index in [0.29, 0.717) is 35.9 Å². The average molecular weight is 341 g/mol. The molecule has 130 valence electrons. The minimum absolute atomic E-state index is 0.0359. The summed E-state index contributed by atoms with van der Waals surface area (Å²) in [6, 6.07) is 5.09. The van der Waals surface area contributed by atoms with E-state index in [2.05, 4.69) is 20.1 Å². The monoisotopic (exact) mass is 341 g/mol. The molecular weight excluding hydrogens is 322 g/mol. The van der Waals surface area contributed by atoms with Gasteiger partial charge in [-0.2, -0.15) is 4.98 Å². The Morgan fingerprint density at radius 1 is 1.28 bits per heavy atom. The lowest BCUT2D eigenvalue weighted by molar-refractivity contribution is 0.0499. The molecule has 0 saturated carbocycles. The number of aryl methyl sites for hydroxylation is 1. The predicted molar refractivity (Wildman–Crippen MR) is 89.4 cm³/mol. The van der Waals surface area contributed by atoms with Crippen LogP contribution in [0.3, 0.4) is 0 Å². The predicted octanol–water partition coefficient (Wildman–Crippen LogP) is 2.10. The number of hydrogen-bond acceptors (Lipinski definition) is 7. The first kappa shape index (κ1) is 16.8. The molecule has 8 nitrogen and oxygen atoms in total. The molecule has 0 fully saturated rings. The van der Waals surface area contributed by atoms with Crippen molar-refractivity contribution in [1.29, 1.82) is 0 Å². The van der Waals surface area contributed by atoms with E-state index in [1.165, 1.54) is 6.20 Å². The molecule has 0 saturated heterocycles. The van der Waals surface area contributed by atoms with Gasteiger partial charge in [0.1, 0.15) is 0 Å². The Morgan fingerprint density at radius 3 is 2.88 bits per heavy atom. The summed E-state index contributed by atoms with van der Waals surface area (Å²) in [4.78, 5) is 24.5. The lowest BCUT2D eigenvalue weighted by Crippen LogP contribution is -2.10. The van der Waals surface area contributed by atoms with Crippen molar-refractivity contribution < 1.29 is 14.3 Å². The topological polar surface area (TPSA) is 91.5 Å². The highest BCUT2D eigenvalue weighted by Gasteiger charge is 2.09. The Bertz CT molecular complexity index is 812. The quantitative estimate of drug-likeness (QED) is 0.480. The highest BCUT2D eigenvalue weighted by Crippen LogP contribution is 2.10. The highest BCUT2D eigenvalue weighted by atomic mass is 16.5. The van der Waals surface area contributed by atoms with Crippen LogP contribution in [0.4, 0.5) is 0 Å². The van der Waals surface area contributed by atoms with E-state index in [0.717, 1.165) is 0 Å². The average Bonchev–Trinajstić information content (AvgIpc) is 3.01. The molecule has 3 rings (SSSR count). The van der Waals surface area contributed by atoms with Crippen LogP contribution in [0.25, 0.3) is 5.78 Å². The first-order valence-electron chi connectivity index (χ1n) is 8.08. The van der Waals surface area contributed by atoms with E-state index in [1.807, 2.05) is 13.8 Å². The van der Waals surface area contributed by atoms with Crippen molar-refractivity contribution in [1.82, 2.24) is 24.6 Å². The van der Waals surface area contributed by atoms with E-state index >= 15 is 0 Å². The molecule has 0 aliphatic rings. The summed E-state index contributed by atoms with van der Waals surface area (Å²) < 4.78 is 12.3. The summed E-state index contributed by atoms with van der Waals surface area (Å²) in [6.45, 7) is 4.11. The molecule has 0 aliphatic heterocycles. The molecule has 0 bridgehead atoms. The van der Waals surface area contributed by atoms with Crippen LogP contribution in [-0.4, -0.2) is 43.2 Å². The zero-order chi connectivity index (χ0) is 17.6. The SMILES string of the molecule is CC(C)Oc1ccc(C(=O)OCCCc2nc3ncccn3n2)cn1. The zero-order valence-corrected chi connectivity index (χ0v) is 14.1. The van der Waals surface area contributed by atoms with Gasteiger partial charge >= 0.3 is 5.97 Å². The molecule has 0 unspecified atom stereocenters. The lowest BCUT2D eigenvalue weighted by atomic mass is 10.3. The molecule has 0 aromatic carbocycles. The maximum absolute atomic E-state index is 12.0. The lowest BCUT2D eigenvalue weighted by Gasteiger charge is -2.08. The van der Waals surface area contributed by atoms with Gasteiger partial charge in [-0.3, -0.25) is 0 Å². The van der Waals surface area contributed by atoms with Crippen LogP contribution in [-0.2, 0) is 11.2 Å². The number of nitrogens with zero attached hydrogens (tertiary/aromatic N) is 5. The van der Waals surface area contributed by atoms with Crippen molar-refractivity contribution in [3.05, 3.63) is 48.2 Å². The third-order valence-corrected chi connectivity index (χ3v) is 3.27. The second-order valence-electron chi connectivity index (χ2n) is 5.68. The zero-order valence-electron chi connectivity index (χ0n) is 14.1. The van der Waals surface area contributed by atoms with Gasteiger partial charge < -0.3 is 9.47 Å². The van der Waals surface area contributed by atoms with Gasteiger partial charge in [0.05, 0.1) is 18.3 Å². The van der Waals surface area contributed by atoms with Gasteiger partial charge in [-0.05, 0) is 32.4 Å². The third-order valence-electron chi connectivity index (χ3n) is 3.27. The fraction of sp³-hybridized carbons (Fsp3) is 0.353. The number of rotatable bonds is 7. The smallest absolute Gasteiger partial charge is 0.339 e. The van der Waals surface area contributed by atoms with Gasteiger partial charge in [0, 0.05) is 31.1 Å². The maximum atomic E-state index is 12.0. The number of carbonyl (C=O) groups excluding carboxylic acids is 1. The molecule has 3 heterocycles. The van der Waals surface area contributed by atoms with Crippen LogP contribution < -0.4 is 4.74 Å². The van der Waals surface area contributed by atoms with Crippen molar-refractivity contribution in [2.45, 2.75) is 32.8 Å². The summed E-state index contributed by atoms with van der Waals surface area (Å²) in [7, 11) is 0. The molecule has 0 N–H and O–H groups in total. The highest BCUT2D eigenvalue weighted by molar-refractivity contribution is 5.89. The summed E-state index contributed by atoms with van der Waals surface area (Å²) in [5.41, 5.74) is 0.395. The number of ether oxygens (including phenoxy) is 2. The van der Waals surface area contributed by atoms with Crippen LogP contribution >= 0.6 is 0 Å². The van der Waals surface area contributed by atoms with Crippen LogP contribution in [0.2, 0.25) is 0 Å². The van der Waals surface area contributed by atoms with Gasteiger partial charge in [-0.15, -0.1) is 5.10 Å². The summed E-state index contributed by atoms with van der Waals surface area (Å²) in [6.07, 6.45) is 6.18. The molecule has 0 aliphatic carbocycles. The molecule has 0 spiro atoms. The second-order valence-corrected chi connectivity index (χ2v) is 5.68. The molecule has 0 amide bonds. The van der Waals surface area contributed by atoms with Crippen molar-refractivity contribution in [3.63, 3.8) is 0 Å². The second kappa shape index (κ2) is 7.69. The minimum atomic E-state index is -0.409. The number of carbonyl (C=O) groups is 1. The molecular formula is C17H19N5O3. The largest absolute Gasteiger partial charge is 0.475 e. The Balaban J connectivity index is 1.45. The third kappa shape index (κ3) is 4.50. The van der Waals surface area contributed by atoms with Crippen molar-refractivity contribution in [2.24, 2.45) is 0 Å². The fourth-order valence-corrected chi connectivity index (χ4v) is 2.17. The fourth-order valence-electron chi connectivity index (χ4n) is 2.17. The molecule has 25 heavy (non-hydrogen) atoms. The Hall–Kier alpha value is -3.03. The number of hydrogen-bond donors (Lipinski definition) is 0. The molecule has 8 heteroatoms. The molecule has 0 radical (unpaired) electrons. The van der Waals surface area contributed by atoms with Crippen LogP contribution in [0.15, 0.2) is 36.8 Å².